The van der Waals surface area contributed by atoms with E-state index in [1.54, 1.807) is 23.7 Å². The van der Waals surface area contributed by atoms with Gasteiger partial charge in [0.1, 0.15) is 0 Å². The van der Waals surface area contributed by atoms with E-state index < -0.39 is 0 Å². The second-order valence-corrected chi connectivity index (χ2v) is 7.44. The topological polar surface area (TPSA) is 102 Å². The first-order chi connectivity index (χ1) is 13.0. The van der Waals surface area contributed by atoms with Crippen LogP contribution in [-0.4, -0.2) is 37.3 Å². The number of carbonyl (C=O) groups is 2. The van der Waals surface area contributed by atoms with Gasteiger partial charge in [0.05, 0.1) is 18.0 Å². The van der Waals surface area contributed by atoms with E-state index in [1.807, 2.05) is 30.5 Å². The molecule has 3 rings (SSSR count). The molecule has 27 heavy (non-hydrogen) atoms. The third-order valence-electron chi connectivity index (χ3n) is 3.57. The van der Waals surface area contributed by atoms with Crippen molar-refractivity contribution in [1.82, 2.24) is 25.1 Å². The maximum atomic E-state index is 12.1. The van der Waals surface area contributed by atoms with Crippen LogP contribution in [0, 0.1) is 6.92 Å². The maximum Gasteiger partial charge on any atom is 0.251 e. The van der Waals surface area contributed by atoms with Crippen LogP contribution in [0.15, 0.2) is 40.9 Å². The lowest BCUT2D eigenvalue weighted by Crippen LogP contribution is -2.24. The van der Waals surface area contributed by atoms with E-state index >= 15 is 0 Å². The highest BCUT2D eigenvalue weighted by Crippen LogP contribution is 2.18. The van der Waals surface area contributed by atoms with E-state index in [-0.39, 0.29) is 24.1 Å². The van der Waals surface area contributed by atoms with Gasteiger partial charge in [-0.1, -0.05) is 30.0 Å². The number of amides is 2. The average molecular weight is 403 g/mol. The van der Waals surface area contributed by atoms with Gasteiger partial charge in [0.2, 0.25) is 5.91 Å². The summed E-state index contributed by atoms with van der Waals surface area (Å²) in [5.41, 5.74) is 1.46. The number of thiazole rings is 1. The Kier molecular flexibility index (Phi) is 6.20. The third kappa shape index (κ3) is 5.14. The number of thioether (sulfide) groups is 1. The van der Waals surface area contributed by atoms with Crippen LogP contribution in [0.5, 0.6) is 0 Å². The van der Waals surface area contributed by atoms with Crippen LogP contribution in [-0.2, 0) is 18.4 Å². The number of rotatable bonds is 7. The monoisotopic (exact) mass is 402 g/mol. The molecule has 2 heterocycles. The summed E-state index contributed by atoms with van der Waals surface area (Å²) in [4.78, 5) is 28.3. The Hall–Kier alpha value is -2.72. The molecule has 0 radical (unpaired) electrons. The molecule has 2 N–H and O–H groups in total. The molecule has 0 saturated carbocycles. The average Bonchev–Trinajstić information content (AvgIpc) is 3.24. The standard InChI is InChI=1S/C17H18N6O2S2/c1-11-9-26-16(19-11)20-14(24)10-27-17-22-21-13(23(17)2)8-18-15(25)12-6-4-3-5-7-12/h3-7,9H,8,10H2,1-2H3,(H,18,25)(H,19,20,24). The summed E-state index contributed by atoms with van der Waals surface area (Å²) in [7, 11) is 1.80. The van der Waals surface area contributed by atoms with E-state index in [0.717, 1.165) is 5.69 Å². The number of carbonyl (C=O) groups excluding carboxylic acids is 2. The van der Waals surface area contributed by atoms with Crippen LogP contribution in [0.4, 0.5) is 5.13 Å². The molecule has 0 bridgehead atoms. The van der Waals surface area contributed by atoms with E-state index in [9.17, 15) is 9.59 Å². The lowest BCUT2D eigenvalue weighted by atomic mass is 10.2. The zero-order valence-electron chi connectivity index (χ0n) is 14.8. The van der Waals surface area contributed by atoms with Gasteiger partial charge >= 0.3 is 0 Å². The van der Waals surface area contributed by atoms with E-state index in [1.165, 1.54) is 23.1 Å². The molecule has 0 aliphatic heterocycles. The van der Waals surface area contributed by atoms with Crippen molar-refractivity contribution in [3.8, 4) is 0 Å². The van der Waals surface area contributed by atoms with Crippen molar-refractivity contribution < 1.29 is 9.59 Å². The van der Waals surface area contributed by atoms with Crippen molar-refractivity contribution >= 4 is 40.0 Å². The molecule has 0 aliphatic rings. The largest absolute Gasteiger partial charge is 0.345 e. The first-order valence-corrected chi connectivity index (χ1v) is 9.95. The summed E-state index contributed by atoms with van der Waals surface area (Å²) in [6, 6.07) is 8.97. The van der Waals surface area contributed by atoms with Crippen LogP contribution in [0.1, 0.15) is 21.9 Å². The minimum absolute atomic E-state index is 0.156. The fraction of sp³-hybridized carbons (Fsp3) is 0.235. The van der Waals surface area contributed by atoms with Gasteiger partial charge in [-0.05, 0) is 19.1 Å². The fourth-order valence-corrected chi connectivity index (χ4v) is 3.61. The molecule has 0 fully saturated rings. The molecule has 8 nitrogen and oxygen atoms in total. The smallest absolute Gasteiger partial charge is 0.251 e. The number of hydrogen-bond acceptors (Lipinski definition) is 7. The van der Waals surface area contributed by atoms with Crippen molar-refractivity contribution in [2.75, 3.05) is 11.1 Å². The Morgan fingerprint density at radius 2 is 2.00 bits per heavy atom. The molecule has 10 heteroatoms. The predicted octanol–water partition coefficient (Wildman–Crippen LogP) is 2.24. The van der Waals surface area contributed by atoms with Crippen molar-refractivity contribution in [3.63, 3.8) is 0 Å². The molecule has 0 saturated heterocycles. The van der Waals surface area contributed by atoms with E-state index in [2.05, 4.69) is 25.8 Å². The van der Waals surface area contributed by atoms with Crippen molar-refractivity contribution in [1.29, 1.82) is 0 Å². The van der Waals surface area contributed by atoms with Gasteiger partial charge in [-0.2, -0.15) is 0 Å². The van der Waals surface area contributed by atoms with Crippen molar-refractivity contribution in [2.24, 2.45) is 7.05 Å². The lowest BCUT2D eigenvalue weighted by molar-refractivity contribution is -0.113. The number of benzene rings is 1. The molecule has 1 aromatic carbocycles. The van der Waals surface area contributed by atoms with E-state index in [4.69, 9.17) is 0 Å². The van der Waals surface area contributed by atoms with Gasteiger partial charge in [0.15, 0.2) is 16.1 Å². The summed E-state index contributed by atoms with van der Waals surface area (Å²) >= 11 is 2.66. The third-order valence-corrected chi connectivity index (χ3v) is 5.46. The number of anilines is 1. The highest BCUT2D eigenvalue weighted by molar-refractivity contribution is 7.99. The number of aryl methyl sites for hydroxylation is 1. The zero-order valence-corrected chi connectivity index (χ0v) is 16.4. The summed E-state index contributed by atoms with van der Waals surface area (Å²) in [6.45, 7) is 2.13. The highest BCUT2D eigenvalue weighted by Gasteiger charge is 2.13. The summed E-state index contributed by atoms with van der Waals surface area (Å²) in [5, 5.41) is 16.8. The molecule has 2 aromatic heterocycles. The highest BCUT2D eigenvalue weighted by atomic mass is 32.2. The van der Waals surface area contributed by atoms with Crippen LogP contribution in [0.25, 0.3) is 0 Å². The van der Waals surface area contributed by atoms with E-state index in [0.29, 0.717) is 21.7 Å². The molecule has 140 valence electrons. The predicted molar refractivity (Wildman–Crippen MR) is 105 cm³/mol. The fourth-order valence-electron chi connectivity index (χ4n) is 2.17. The number of nitrogens with one attached hydrogen (secondary N) is 2. The maximum absolute atomic E-state index is 12.1. The Labute approximate surface area is 164 Å². The van der Waals surface area contributed by atoms with Crippen LogP contribution in [0.3, 0.4) is 0 Å². The quantitative estimate of drug-likeness (QED) is 0.588. The molecular formula is C17H18N6O2S2. The molecule has 0 atom stereocenters. The van der Waals surface area contributed by atoms with Gasteiger partial charge in [-0.15, -0.1) is 21.5 Å². The Bertz CT molecular complexity index is 938. The molecule has 0 spiro atoms. The first kappa shape index (κ1) is 19.1. The van der Waals surface area contributed by atoms with Gasteiger partial charge in [-0.25, -0.2) is 4.98 Å². The molecular weight excluding hydrogens is 384 g/mol. The van der Waals surface area contributed by atoms with Crippen LogP contribution >= 0.6 is 23.1 Å². The SMILES string of the molecule is Cc1csc(NC(=O)CSc2nnc(CNC(=O)c3ccccc3)n2C)n1. The van der Waals surface area contributed by atoms with Crippen molar-refractivity contribution in [3.05, 3.63) is 52.8 Å². The Morgan fingerprint density at radius 1 is 1.22 bits per heavy atom. The molecule has 0 aliphatic carbocycles. The lowest BCUT2D eigenvalue weighted by Gasteiger charge is -2.06. The van der Waals surface area contributed by atoms with Gasteiger partial charge in [-0.3, -0.25) is 9.59 Å². The van der Waals surface area contributed by atoms with Gasteiger partial charge in [0.25, 0.3) is 5.91 Å². The summed E-state index contributed by atoms with van der Waals surface area (Å²) < 4.78 is 1.76. The first-order valence-electron chi connectivity index (χ1n) is 8.09. The minimum Gasteiger partial charge on any atom is -0.345 e. The second-order valence-electron chi connectivity index (χ2n) is 5.64. The Morgan fingerprint density at radius 3 is 2.70 bits per heavy atom. The number of aromatic nitrogens is 4. The van der Waals surface area contributed by atoms with Crippen molar-refractivity contribution in [2.45, 2.75) is 18.6 Å². The number of nitrogens with zero attached hydrogens (tertiary/aromatic N) is 4. The van der Waals surface area contributed by atoms with Gasteiger partial charge in [0, 0.05) is 18.0 Å². The van der Waals surface area contributed by atoms with Crippen LogP contribution in [0.2, 0.25) is 0 Å². The Balaban J connectivity index is 1.51. The summed E-state index contributed by atoms with van der Waals surface area (Å²) in [5.74, 6) is 0.473. The molecule has 2 amide bonds. The normalized spacial score (nSPS) is 10.6. The van der Waals surface area contributed by atoms with Crippen LogP contribution < -0.4 is 10.6 Å². The van der Waals surface area contributed by atoms with Gasteiger partial charge < -0.3 is 15.2 Å². The minimum atomic E-state index is -0.175. The molecule has 0 unspecified atom stereocenters. The second kappa shape index (κ2) is 8.78. The molecule has 3 aromatic rings. The number of hydrogen-bond donors (Lipinski definition) is 2. The zero-order chi connectivity index (χ0) is 19.2. The summed E-state index contributed by atoms with van der Waals surface area (Å²) in [6.07, 6.45) is 0.